The van der Waals surface area contributed by atoms with Crippen LogP contribution < -0.4 is 0 Å². The van der Waals surface area contributed by atoms with Gasteiger partial charge in [0, 0.05) is 31.9 Å². The fourth-order valence-electron chi connectivity index (χ4n) is 3.11. The van der Waals surface area contributed by atoms with Crippen LogP contribution in [-0.2, 0) is 6.54 Å². The van der Waals surface area contributed by atoms with Crippen molar-refractivity contribution in [3.63, 3.8) is 0 Å². The van der Waals surface area contributed by atoms with Crippen LogP contribution in [0.15, 0.2) is 36.5 Å². The van der Waals surface area contributed by atoms with Gasteiger partial charge in [-0.1, -0.05) is 44.2 Å². The smallest absolute Gasteiger partial charge is 0.107 e. The number of thiazole rings is 1. The summed E-state index contributed by atoms with van der Waals surface area (Å²) in [6.07, 6.45) is 2.02. The maximum absolute atomic E-state index is 4.66. The van der Waals surface area contributed by atoms with E-state index in [0.29, 0.717) is 12.0 Å². The number of benzene rings is 1. The van der Waals surface area contributed by atoms with Crippen molar-refractivity contribution >= 4 is 11.3 Å². The fraction of sp³-hybridized carbons (Fsp3) is 0.500. The standard InChI is InChI=1S/C18H25N3S/c1-14(2)16-12-20(3)9-10-21(16)13-18-19-11-17(22-18)15-7-5-4-6-8-15/h4-8,11,14,16H,9-10,12-13H2,1-3H3/t16-/m1/s1. The lowest BCUT2D eigenvalue weighted by Crippen LogP contribution is -2.53. The minimum atomic E-state index is 0.628. The van der Waals surface area contributed by atoms with Crippen LogP contribution in [0.3, 0.4) is 0 Å². The number of rotatable bonds is 4. The van der Waals surface area contributed by atoms with Gasteiger partial charge in [-0.2, -0.15) is 0 Å². The van der Waals surface area contributed by atoms with E-state index in [1.807, 2.05) is 17.5 Å². The van der Waals surface area contributed by atoms with Gasteiger partial charge in [0.2, 0.25) is 0 Å². The molecule has 0 unspecified atom stereocenters. The first-order valence-electron chi connectivity index (χ1n) is 8.06. The number of aromatic nitrogens is 1. The van der Waals surface area contributed by atoms with Crippen LogP contribution in [0.5, 0.6) is 0 Å². The first kappa shape index (κ1) is 15.7. The summed E-state index contributed by atoms with van der Waals surface area (Å²) < 4.78 is 0. The molecule has 0 saturated carbocycles. The van der Waals surface area contributed by atoms with E-state index in [0.717, 1.165) is 26.2 Å². The Morgan fingerprint density at radius 3 is 2.73 bits per heavy atom. The Morgan fingerprint density at radius 1 is 1.23 bits per heavy atom. The minimum Gasteiger partial charge on any atom is -0.304 e. The van der Waals surface area contributed by atoms with Gasteiger partial charge in [-0.3, -0.25) is 4.90 Å². The number of hydrogen-bond donors (Lipinski definition) is 0. The molecule has 3 nitrogen and oxygen atoms in total. The molecule has 22 heavy (non-hydrogen) atoms. The zero-order valence-corrected chi connectivity index (χ0v) is 14.5. The maximum atomic E-state index is 4.66. The van der Waals surface area contributed by atoms with Crippen LogP contribution in [0.1, 0.15) is 18.9 Å². The van der Waals surface area contributed by atoms with E-state index in [4.69, 9.17) is 0 Å². The zero-order chi connectivity index (χ0) is 15.5. The van der Waals surface area contributed by atoms with Gasteiger partial charge >= 0.3 is 0 Å². The molecule has 0 bridgehead atoms. The summed E-state index contributed by atoms with van der Waals surface area (Å²) in [6, 6.07) is 11.2. The van der Waals surface area contributed by atoms with Crippen LogP contribution in [0.25, 0.3) is 10.4 Å². The normalized spacial score (nSPS) is 20.6. The third-order valence-corrected chi connectivity index (χ3v) is 5.49. The molecule has 1 aliphatic heterocycles. The second kappa shape index (κ2) is 6.90. The van der Waals surface area contributed by atoms with E-state index in [-0.39, 0.29) is 0 Å². The molecule has 1 saturated heterocycles. The topological polar surface area (TPSA) is 19.4 Å². The number of hydrogen-bond acceptors (Lipinski definition) is 4. The van der Waals surface area contributed by atoms with Gasteiger partial charge in [0.25, 0.3) is 0 Å². The summed E-state index contributed by atoms with van der Waals surface area (Å²) >= 11 is 1.83. The first-order chi connectivity index (χ1) is 10.6. The molecule has 1 fully saturated rings. The van der Waals surface area contributed by atoms with E-state index < -0.39 is 0 Å². The number of nitrogens with zero attached hydrogens (tertiary/aromatic N) is 3. The zero-order valence-electron chi connectivity index (χ0n) is 13.7. The van der Waals surface area contributed by atoms with Crippen LogP contribution in [0.4, 0.5) is 0 Å². The number of likely N-dealkylation sites (N-methyl/N-ethyl adjacent to an activating group) is 1. The van der Waals surface area contributed by atoms with E-state index in [1.54, 1.807) is 0 Å². The molecular weight excluding hydrogens is 290 g/mol. The molecule has 1 aromatic carbocycles. The predicted molar refractivity (Wildman–Crippen MR) is 94.1 cm³/mol. The Balaban J connectivity index is 1.71. The van der Waals surface area contributed by atoms with Gasteiger partial charge < -0.3 is 4.90 Å². The van der Waals surface area contributed by atoms with Crippen molar-refractivity contribution in [1.29, 1.82) is 0 Å². The lowest BCUT2D eigenvalue weighted by molar-refractivity contribution is 0.0570. The van der Waals surface area contributed by atoms with Crippen molar-refractivity contribution in [3.05, 3.63) is 41.5 Å². The van der Waals surface area contributed by atoms with E-state index in [1.165, 1.54) is 15.4 Å². The average molecular weight is 315 g/mol. The summed E-state index contributed by atoms with van der Waals surface area (Å²) in [7, 11) is 2.23. The monoisotopic (exact) mass is 315 g/mol. The van der Waals surface area contributed by atoms with Crippen molar-refractivity contribution < 1.29 is 0 Å². The second-order valence-electron chi connectivity index (χ2n) is 6.53. The lowest BCUT2D eigenvalue weighted by atomic mass is 10.00. The molecule has 2 heterocycles. The maximum Gasteiger partial charge on any atom is 0.107 e. The van der Waals surface area contributed by atoms with Crippen molar-refractivity contribution in [1.82, 2.24) is 14.8 Å². The Kier molecular flexibility index (Phi) is 4.91. The second-order valence-corrected chi connectivity index (χ2v) is 7.64. The van der Waals surface area contributed by atoms with Crippen LogP contribution in [0, 0.1) is 5.92 Å². The van der Waals surface area contributed by atoms with Gasteiger partial charge in [-0.15, -0.1) is 11.3 Å². The summed E-state index contributed by atoms with van der Waals surface area (Å²) in [5.41, 5.74) is 1.27. The summed E-state index contributed by atoms with van der Waals surface area (Å²) in [5, 5.41) is 1.23. The highest BCUT2D eigenvalue weighted by Gasteiger charge is 2.28. The molecule has 4 heteroatoms. The van der Waals surface area contributed by atoms with E-state index >= 15 is 0 Å². The largest absolute Gasteiger partial charge is 0.304 e. The molecule has 118 valence electrons. The van der Waals surface area contributed by atoms with Crippen LogP contribution >= 0.6 is 11.3 Å². The molecular formula is C18H25N3S. The molecule has 0 radical (unpaired) electrons. The van der Waals surface area contributed by atoms with Crippen molar-refractivity contribution in [2.45, 2.75) is 26.4 Å². The quantitative estimate of drug-likeness (QED) is 0.859. The minimum absolute atomic E-state index is 0.628. The molecule has 0 N–H and O–H groups in total. The van der Waals surface area contributed by atoms with Gasteiger partial charge in [-0.25, -0.2) is 4.98 Å². The lowest BCUT2D eigenvalue weighted by Gasteiger charge is -2.41. The Labute approximate surface area is 137 Å². The molecule has 0 spiro atoms. The van der Waals surface area contributed by atoms with Gasteiger partial charge in [0.1, 0.15) is 5.01 Å². The molecule has 1 atom stereocenters. The van der Waals surface area contributed by atoms with Gasteiger partial charge in [0.15, 0.2) is 0 Å². The molecule has 1 aliphatic rings. The fourth-order valence-corrected chi connectivity index (χ4v) is 4.06. The third kappa shape index (κ3) is 3.57. The predicted octanol–water partition coefficient (Wildman–Crippen LogP) is 3.58. The molecule has 3 rings (SSSR count). The molecule has 0 amide bonds. The van der Waals surface area contributed by atoms with Gasteiger partial charge in [0.05, 0.1) is 11.4 Å². The molecule has 0 aliphatic carbocycles. The van der Waals surface area contributed by atoms with E-state index in [9.17, 15) is 0 Å². The highest BCUT2D eigenvalue weighted by atomic mass is 32.1. The first-order valence-corrected chi connectivity index (χ1v) is 8.88. The third-order valence-electron chi connectivity index (χ3n) is 4.46. The van der Waals surface area contributed by atoms with Crippen molar-refractivity contribution in [2.75, 3.05) is 26.7 Å². The van der Waals surface area contributed by atoms with Gasteiger partial charge in [-0.05, 0) is 18.5 Å². The Hall–Kier alpha value is -1.23. The summed E-state index contributed by atoms with van der Waals surface area (Å²) in [4.78, 5) is 11.0. The van der Waals surface area contributed by atoms with Crippen LogP contribution in [0.2, 0.25) is 0 Å². The summed E-state index contributed by atoms with van der Waals surface area (Å²) in [5.74, 6) is 0.677. The Bertz CT molecular complexity index is 593. The number of piperazine rings is 1. The summed E-state index contributed by atoms with van der Waals surface area (Å²) in [6.45, 7) is 9.09. The molecule has 2 aromatic rings. The SMILES string of the molecule is CC(C)[C@H]1CN(C)CCN1Cc1ncc(-c2ccccc2)s1. The van der Waals surface area contributed by atoms with Crippen molar-refractivity contribution in [3.8, 4) is 10.4 Å². The Morgan fingerprint density at radius 2 is 2.00 bits per heavy atom. The molecule has 1 aromatic heterocycles. The highest BCUT2D eigenvalue weighted by Crippen LogP contribution is 2.28. The van der Waals surface area contributed by atoms with Crippen molar-refractivity contribution in [2.24, 2.45) is 5.92 Å². The van der Waals surface area contributed by atoms with E-state index in [2.05, 4.69) is 66.0 Å². The highest BCUT2D eigenvalue weighted by molar-refractivity contribution is 7.15. The van der Waals surface area contributed by atoms with Crippen LogP contribution in [-0.4, -0.2) is 47.5 Å². The average Bonchev–Trinajstić information content (AvgIpc) is 2.98.